The summed E-state index contributed by atoms with van der Waals surface area (Å²) in [7, 11) is 0. The lowest BCUT2D eigenvalue weighted by atomic mass is 9.83. The lowest BCUT2D eigenvalue weighted by Crippen LogP contribution is -2.30. The lowest BCUT2D eigenvalue weighted by Gasteiger charge is -2.26. The maximum atomic E-state index is 6.12. The first-order valence-corrected chi connectivity index (χ1v) is 7.76. The summed E-state index contributed by atoms with van der Waals surface area (Å²) in [5.41, 5.74) is 7.01. The summed E-state index contributed by atoms with van der Waals surface area (Å²) in [6.45, 7) is 1.64. The lowest BCUT2D eigenvalue weighted by molar-refractivity contribution is 0.288. The van der Waals surface area contributed by atoms with E-state index in [0.29, 0.717) is 6.54 Å². The Labute approximate surface area is 122 Å². The van der Waals surface area contributed by atoms with Crippen molar-refractivity contribution in [2.24, 2.45) is 11.7 Å². The number of hydrogen-bond acceptors (Lipinski definition) is 2. The van der Waals surface area contributed by atoms with Gasteiger partial charge in [-0.05, 0) is 52.5 Å². The second kappa shape index (κ2) is 6.90. The Kier molecular flexibility index (Phi) is 5.49. The highest BCUT2D eigenvalue weighted by Gasteiger charge is 2.17. The molecule has 1 aliphatic carbocycles. The van der Waals surface area contributed by atoms with Crippen LogP contribution in [0.25, 0.3) is 0 Å². The van der Waals surface area contributed by atoms with Gasteiger partial charge in [-0.25, -0.2) is 0 Å². The van der Waals surface area contributed by atoms with Crippen molar-refractivity contribution in [2.45, 2.75) is 31.7 Å². The van der Waals surface area contributed by atoms with Crippen molar-refractivity contribution < 1.29 is 0 Å². The highest BCUT2D eigenvalue weighted by atomic mass is 79.9. The number of benzene rings is 1. The third-order valence-electron chi connectivity index (χ3n) is 3.75. The minimum atomic E-state index is 0.204. The molecule has 0 heterocycles. The molecule has 0 amide bonds. The van der Waals surface area contributed by atoms with Gasteiger partial charge in [0.2, 0.25) is 0 Å². The van der Waals surface area contributed by atoms with E-state index in [9.17, 15) is 0 Å². The number of nitrogens with two attached hydrogens (primary N) is 1. The van der Waals surface area contributed by atoms with E-state index in [1.54, 1.807) is 0 Å². The van der Waals surface area contributed by atoms with Crippen molar-refractivity contribution in [3.8, 4) is 0 Å². The van der Waals surface area contributed by atoms with Crippen molar-refractivity contribution in [2.75, 3.05) is 13.1 Å². The largest absolute Gasteiger partial charge is 0.329 e. The van der Waals surface area contributed by atoms with Gasteiger partial charge in [0.1, 0.15) is 0 Å². The van der Waals surface area contributed by atoms with Crippen LogP contribution >= 0.6 is 27.5 Å². The average Bonchev–Trinajstić information content (AvgIpc) is 2.31. The van der Waals surface area contributed by atoms with Gasteiger partial charge in [-0.1, -0.05) is 36.9 Å². The van der Waals surface area contributed by atoms with Gasteiger partial charge in [0.05, 0.1) is 5.02 Å². The summed E-state index contributed by atoms with van der Waals surface area (Å²) in [5.74, 6) is 0.935. The first-order valence-electron chi connectivity index (χ1n) is 6.59. The van der Waals surface area contributed by atoms with Crippen LogP contribution in [0.1, 0.15) is 37.3 Å². The summed E-state index contributed by atoms with van der Waals surface area (Å²) in [6.07, 6.45) is 5.48. The van der Waals surface area contributed by atoms with Crippen molar-refractivity contribution in [1.82, 2.24) is 5.32 Å². The Morgan fingerprint density at radius 2 is 2.22 bits per heavy atom. The summed E-state index contributed by atoms with van der Waals surface area (Å²) in [6, 6.07) is 6.24. The molecule has 2 rings (SSSR count). The van der Waals surface area contributed by atoms with Crippen molar-refractivity contribution in [1.29, 1.82) is 0 Å². The zero-order chi connectivity index (χ0) is 13.0. The molecule has 1 fully saturated rings. The normalized spacial score (nSPS) is 17.5. The minimum Gasteiger partial charge on any atom is -0.329 e. The number of rotatable bonds is 6. The first kappa shape index (κ1) is 14.3. The van der Waals surface area contributed by atoms with Crippen molar-refractivity contribution in [3.63, 3.8) is 0 Å². The fraction of sp³-hybridized carbons (Fsp3) is 0.571. The number of halogens is 2. The van der Waals surface area contributed by atoms with Crippen LogP contribution in [0.4, 0.5) is 0 Å². The second-order valence-electron chi connectivity index (χ2n) is 5.00. The van der Waals surface area contributed by atoms with Crippen LogP contribution in [0.15, 0.2) is 22.7 Å². The fourth-order valence-electron chi connectivity index (χ4n) is 2.31. The average molecular weight is 332 g/mol. The molecule has 1 aromatic carbocycles. The standard InChI is InChI=1S/C14H20BrClN2/c15-12-5-4-11(8-13(12)16)14(9-17)18-7-6-10-2-1-3-10/h4-5,8,10,14,18H,1-3,6-7,9,17H2. The van der Waals surface area contributed by atoms with Crippen LogP contribution in [0, 0.1) is 5.92 Å². The molecule has 1 aromatic rings. The molecule has 3 N–H and O–H groups in total. The topological polar surface area (TPSA) is 38.0 Å². The molecule has 1 saturated carbocycles. The Balaban J connectivity index is 1.87. The van der Waals surface area contributed by atoms with E-state index in [1.165, 1.54) is 31.2 Å². The van der Waals surface area contributed by atoms with Crippen LogP contribution in [-0.2, 0) is 0 Å². The molecule has 0 bridgehead atoms. The maximum absolute atomic E-state index is 6.12. The zero-order valence-corrected chi connectivity index (χ0v) is 12.8. The van der Waals surface area contributed by atoms with E-state index < -0.39 is 0 Å². The molecule has 0 spiro atoms. The molecule has 18 heavy (non-hydrogen) atoms. The Hall–Kier alpha value is -0.0900. The van der Waals surface area contributed by atoms with Gasteiger partial charge < -0.3 is 11.1 Å². The van der Waals surface area contributed by atoms with Crippen LogP contribution in [0.2, 0.25) is 5.02 Å². The molecule has 0 aliphatic heterocycles. The Bertz CT molecular complexity index is 393. The first-order chi connectivity index (χ1) is 8.70. The van der Waals surface area contributed by atoms with Gasteiger partial charge in [-0.15, -0.1) is 0 Å². The molecule has 0 saturated heterocycles. The Morgan fingerprint density at radius 1 is 1.44 bits per heavy atom. The smallest absolute Gasteiger partial charge is 0.0551 e. The molecule has 4 heteroatoms. The number of hydrogen-bond donors (Lipinski definition) is 2. The van der Waals surface area contributed by atoms with Crippen LogP contribution in [0.5, 0.6) is 0 Å². The van der Waals surface area contributed by atoms with Gasteiger partial charge in [0.15, 0.2) is 0 Å². The predicted molar refractivity (Wildman–Crippen MR) is 80.9 cm³/mol. The Morgan fingerprint density at radius 3 is 2.78 bits per heavy atom. The monoisotopic (exact) mass is 330 g/mol. The highest BCUT2D eigenvalue weighted by molar-refractivity contribution is 9.10. The molecule has 0 aromatic heterocycles. The molecule has 100 valence electrons. The third-order valence-corrected chi connectivity index (χ3v) is 4.98. The van der Waals surface area contributed by atoms with Crippen LogP contribution in [0.3, 0.4) is 0 Å². The summed E-state index contributed by atoms with van der Waals surface area (Å²) >= 11 is 9.52. The fourth-order valence-corrected chi connectivity index (χ4v) is 2.75. The van der Waals surface area contributed by atoms with Gasteiger partial charge >= 0.3 is 0 Å². The summed E-state index contributed by atoms with van der Waals surface area (Å²) in [4.78, 5) is 0. The van der Waals surface area contributed by atoms with Crippen LogP contribution < -0.4 is 11.1 Å². The van der Waals surface area contributed by atoms with Gasteiger partial charge in [0, 0.05) is 17.1 Å². The van der Waals surface area contributed by atoms with E-state index in [2.05, 4.69) is 27.3 Å². The molecule has 1 aliphatic rings. The highest BCUT2D eigenvalue weighted by Crippen LogP contribution is 2.29. The van der Waals surface area contributed by atoms with Crippen LogP contribution in [-0.4, -0.2) is 13.1 Å². The molecular formula is C14H20BrClN2. The zero-order valence-electron chi connectivity index (χ0n) is 10.5. The van der Waals surface area contributed by atoms with Gasteiger partial charge in [0.25, 0.3) is 0 Å². The van der Waals surface area contributed by atoms with Gasteiger partial charge in [-0.3, -0.25) is 0 Å². The second-order valence-corrected chi connectivity index (χ2v) is 6.26. The van der Waals surface area contributed by atoms with E-state index in [-0.39, 0.29) is 6.04 Å². The predicted octanol–water partition coefficient (Wildman–Crippen LogP) is 3.88. The molecule has 2 nitrogen and oxygen atoms in total. The van der Waals surface area contributed by atoms with Crippen molar-refractivity contribution in [3.05, 3.63) is 33.3 Å². The third kappa shape index (κ3) is 3.70. The van der Waals surface area contributed by atoms with E-state index in [4.69, 9.17) is 17.3 Å². The SMILES string of the molecule is NCC(NCCC1CCC1)c1ccc(Br)c(Cl)c1. The summed E-state index contributed by atoms with van der Waals surface area (Å²) in [5, 5.41) is 4.27. The maximum Gasteiger partial charge on any atom is 0.0551 e. The molecular weight excluding hydrogens is 312 g/mol. The van der Waals surface area contributed by atoms with E-state index in [0.717, 1.165) is 22.0 Å². The summed E-state index contributed by atoms with van der Waals surface area (Å²) < 4.78 is 0.929. The van der Waals surface area contributed by atoms with E-state index in [1.807, 2.05) is 12.1 Å². The van der Waals surface area contributed by atoms with Gasteiger partial charge in [-0.2, -0.15) is 0 Å². The molecule has 1 atom stereocenters. The minimum absolute atomic E-state index is 0.204. The molecule has 1 unspecified atom stereocenters. The van der Waals surface area contributed by atoms with Crippen molar-refractivity contribution >= 4 is 27.5 Å². The van der Waals surface area contributed by atoms with E-state index >= 15 is 0 Å². The molecule has 0 radical (unpaired) electrons. The number of nitrogens with one attached hydrogen (secondary N) is 1. The quantitative estimate of drug-likeness (QED) is 0.830.